The molecule has 0 aromatic carbocycles. The summed E-state index contributed by atoms with van der Waals surface area (Å²) in [5, 5.41) is 12.5. The van der Waals surface area contributed by atoms with Crippen LogP contribution in [0.4, 0.5) is 0 Å². The molecular formula is C10H16BrNOS. The fourth-order valence-electron chi connectivity index (χ4n) is 1.17. The van der Waals surface area contributed by atoms with Crippen molar-refractivity contribution in [3.63, 3.8) is 0 Å². The van der Waals surface area contributed by atoms with Gasteiger partial charge >= 0.3 is 0 Å². The summed E-state index contributed by atoms with van der Waals surface area (Å²) in [6.45, 7) is 4.81. The van der Waals surface area contributed by atoms with Crippen LogP contribution in [0.25, 0.3) is 0 Å². The molecule has 4 heteroatoms. The minimum absolute atomic E-state index is 0.218. The van der Waals surface area contributed by atoms with E-state index in [0.29, 0.717) is 6.04 Å². The van der Waals surface area contributed by atoms with Crippen molar-refractivity contribution in [3.05, 3.63) is 20.8 Å². The Morgan fingerprint density at radius 3 is 2.71 bits per heavy atom. The summed E-state index contributed by atoms with van der Waals surface area (Å²) in [4.78, 5) is 1.32. The van der Waals surface area contributed by atoms with E-state index in [0.717, 1.165) is 16.8 Å². The normalized spacial score (nSPS) is 15.4. The number of hydrogen-bond acceptors (Lipinski definition) is 3. The molecule has 0 fully saturated rings. The van der Waals surface area contributed by atoms with Crippen LogP contribution in [0.5, 0.6) is 0 Å². The fraction of sp³-hybridized carbons (Fsp3) is 0.600. The van der Waals surface area contributed by atoms with Crippen molar-refractivity contribution >= 4 is 27.3 Å². The first-order valence-corrected chi connectivity index (χ1v) is 6.37. The molecule has 0 amide bonds. The zero-order valence-corrected chi connectivity index (χ0v) is 10.9. The Kier molecular flexibility index (Phi) is 5.09. The number of aliphatic hydroxyl groups excluding tert-OH is 1. The third-order valence-electron chi connectivity index (χ3n) is 2.03. The Labute approximate surface area is 97.5 Å². The van der Waals surface area contributed by atoms with Gasteiger partial charge < -0.3 is 10.4 Å². The number of halogens is 1. The molecule has 0 spiro atoms. The maximum Gasteiger partial charge on any atom is 0.0701 e. The molecule has 0 saturated heterocycles. The van der Waals surface area contributed by atoms with Gasteiger partial charge in [-0.1, -0.05) is 0 Å². The minimum Gasteiger partial charge on any atom is -0.393 e. The highest BCUT2D eigenvalue weighted by molar-refractivity contribution is 9.11. The third-order valence-corrected chi connectivity index (χ3v) is 3.84. The first kappa shape index (κ1) is 12.2. The molecule has 2 atom stereocenters. The van der Waals surface area contributed by atoms with Crippen molar-refractivity contribution in [3.8, 4) is 0 Å². The Morgan fingerprint density at radius 2 is 2.21 bits per heavy atom. The fourth-order valence-corrected chi connectivity index (χ4v) is 2.62. The summed E-state index contributed by atoms with van der Waals surface area (Å²) in [6.07, 6.45) is 0.585. The lowest BCUT2D eigenvalue weighted by molar-refractivity contribution is 0.182. The number of hydrogen-bond donors (Lipinski definition) is 2. The summed E-state index contributed by atoms with van der Waals surface area (Å²) in [5.74, 6) is 0. The second-order valence-corrected chi connectivity index (χ2v) is 5.95. The molecule has 1 rings (SSSR count). The average molecular weight is 278 g/mol. The summed E-state index contributed by atoms with van der Waals surface area (Å²) < 4.78 is 1.16. The van der Waals surface area contributed by atoms with E-state index in [1.165, 1.54) is 4.88 Å². The molecule has 14 heavy (non-hydrogen) atoms. The molecule has 2 N–H and O–H groups in total. The van der Waals surface area contributed by atoms with Crippen LogP contribution in [0.15, 0.2) is 15.9 Å². The Hall–Kier alpha value is 0.1000. The number of rotatable bonds is 5. The molecule has 1 aromatic heterocycles. The van der Waals surface area contributed by atoms with E-state index in [1.54, 1.807) is 11.3 Å². The summed E-state index contributed by atoms with van der Waals surface area (Å²) in [5.41, 5.74) is 0. The van der Waals surface area contributed by atoms with Gasteiger partial charge in [-0.25, -0.2) is 0 Å². The molecule has 0 aliphatic heterocycles. The molecule has 0 saturated carbocycles. The summed E-state index contributed by atoms with van der Waals surface area (Å²) >= 11 is 5.19. The van der Waals surface area contributed by atoms with Crippen LogP contribution >= 0.6 is 27.3 Å². The Morgan fingerprint density at radius 1 is 1.50 bits per heavy atom. The second kappa shape index (κ2) is 5.85. The van der Waals surface area contributed by atoms with Gasteiger partial charge in [0, 0.05) is 10.9 Å². The van der Waals surface area contributed by atoms with Crippen molar-refractivity contribution in [1.29, 1.82) is 0 Å². The van der Waals surface area contributed by atoms with Crippen molar-refractivity contribution < 1.29 is 5.11 Å². The lowest BCUT2D eigenvalue weighted by atomic mass is 10.2. The van der Waals surface area contributed by atoms with Crippen LogP contribution in [0.3, 0.4) is 0 Å². The minimum atomic E-state index is -0.218. The largest absolute Gasteiger partial charge is 0.393 e. The molecular weight excluding hydrogens is 262 g/mol. The van der Waals surface area contributed by atoms with E-state index in [2.05, 4.69) is 40.3 Å². The SMILES string of the molecule is C[C@H](O)CCN[C@@H](C)c1ccc(Br)s1. The van der Waals surface area contributed by atoms with Crippen molar-refractivity contribution in [2.75, 3.05) is 6.54 Å². The molecule has 1 heterocycles. The Bertz CT molecular complexity index is 275. The van der Waals surface area contributed by atoms with Gasteiger partial charge in [0.15, 0.2) is 0 Å². The van der Waals surface area contributed by atoms with Crippen molar-refractivity contribution in [2.45, 2.75) is 32.4 Å². The van der Waals surface area contributed by atoms with E-state index >= 15 is 0 Å². The van der Waals surface area contributed by atoms with Crippen molar-refractivity contribution in [1.82, 2.24) is 5.32 Å². The Balaban J connectivity index is 2.32. The quantitative estimate of drug-likeness (QED) is 0.868. The number of aliphatic hydroxyl groups is 1. The van der Waals surface area contributed by atoms with Crippen LogP contribution in [0, 0.1) is 0 Å². The zero-order valence-electron chi connectivity index (χ0n) is 8.46. The predicted octanol–water partition coefficient (Wildman–Crippen LogP) is 2.93. The van der Waals surface area contributed by atoms with E-state index in [9.17, 15) is 0 Å². The summed E-state index contributed by atoms with van der Waals surface area (Å²) in [7, 11) is 0. The standard InChI is InChI=1S/C10H16BrNOS/c1-7(13)5-6-12-8(2)9-3-4-10(11)14-9/h3-4,7-8,12-13H,5-6H2,1-2H3/t7-,8-/m0/s1. The van der Waals surface area contributed by atoms with Gasteiger partial charge in [-0.3, -0.25) is 0 Å². The lowest BCUT2D eigenvalue weighted by Gasteiger charge is -2.12. The number of nitrogens with one attached hydrogen (secondary N) is 1. The highest BCUT2D eigenvalue weighted by atomic mass is 79.9. The molecule has 0 unspecified atom stereocenters. The maximum absolute atomic E-state index is 9.10. The van der Waals surface area contributed by atoms with Crippen LogP contribution in [0.1, 0.15) is 31.2 Å². The van der Waals surface area contributed by atoms with E-state index in [1.807, 2.05) is 6.92 Å². The number of thiophene rings is 1. The van der Waals surface area contributed by atoms with Crippen molar-refractivity contribution in [2.24, 2.45) is 0 Å². The first-order chi connectivity index (χ1) is 6.59. The second-order valence-electron chi connectivity index (χ2n) is 3.46. The van der Waals surface area contributed by atoms with Crippen LogP contribution in [0.2, 0.25) is 0 Å². The van der Waals surface area contributed by atoms with Gasteiger partial charge in [-0.15, -0.1) is 11.3 Å². The molecule has 0 bridgehead atoms. The maximum atomic E-state index is 9.10. The van der Waals surface area contributed by atoms with Gasteiger partial charge in [-0.05, 0) is 54.9 Å². The molecule has 2 nitrogen and oxygen atoms in total. The highest BCUT2D eigenvalue weighted by Crippen LogP contribution is 2.26. The van der Waals surface area contributed by atoms with Gasteiger partial charge in [0.25, 0.3) is 0 Å². The highest BCUT2D eigenvalue weighted by Gasteiger charge is 2.07. The molecule has 0 aliphatic rings. The van der Waals surface area contributed by atoms with Crippen LogP contribution in [-0.4, -0.2) is 17.8 Å². The summed E-state index contributed by atoms with van der Waals surface area (Å²) in [6, 6.07) is 4.55. The van der Waals surface area contributed by atoms with Gasteiger partial charge in [0.2, 0.25) is 0 Å². The van der Waals surface area contributed by atoms with Gasteiger partial charge in [0.1, 0.15) is 0 Å². The average Bonchev–Trinajstić information content (AvgIpc) is 2.51. The molecule has 80 valence electrons. The first-order valence-electron chi connectivity index (χ1n) is 4.76. The molecule has 0 aliphatic carbocycles. The lowest BCUT2D eigenvalue weighted by Crippen LogP contribution is -2.21. The topological polar surface area (TPSA) is 32.3 Å². The van der Waals surface area contributed by atoms with E-state index < -0.39 is 0 Å². The van der Waals surface area contributed by atoms with Gasteiger partial charge in [0.05, 0.1) is 9.89 Å². The van der Waals surface area contributed by atoms with E-state index in [4.69, 9.17) is 5.11 Å². The monoisotopic (exact) mass is 277 g/mol. The molecule has 1 aromatic rings. The predicted molar refractivity (Wildman–Crippen MR) is 64.7 cm³/mol. The van der Waals surface area contributed by atoms with Crippen LogP contribution in [-0.2, 0) is 0 Å². The smallest absolute Gasteiger partial charge is 0.0701 e. The zero-order chi connectivity index (χ0) is 10.6. The third kappa shape index (κ3) is 4.09. The van der Waals surface area contributed by atoms with Crippen LogP contribution < -0.4 is 5.32 Å². The van der Waals surface area contributed by atoms with E-state index in [-0.39, 0.29) is 6.10 Å². The molecule has 0 radical (unpaired) electrons. The van der Waals surface area contributed by atoms with Gasteiger partial charge in [-0.2, -0.15) is 0 Å².